The number of anilines is 1. The lowest BCUT2D eigenvalue weighted by Crippen LogP contribution is -2.39. The van der Waals surface area contributed by atoms with Crippen molar-refractivity contribution in [1.29, 1.82) is 0 Å². The lowest BCUT2D eigenvalue weighted by Gasteiger charge is -2.34. The zero-order valence-electron chi connectivity index (χ0n) is 19.3. The molecule has 2 aliphatic heterocycles. The second-order valence-corrected chi connectivity index (χ2v) is 10.4. The van der Waals surface area contributed by atoms with Gasteiger partial charge in [-0.15, -0.1) is 0 Å². The molecule has 0 unspecified atom stereocenters. The Hall–Kier alpha value is -2.80. The van der Waals surface area contributed by atoms with E-state index in [9.17, 15) is 4.79 Å². The summed E-state index contributed by atoms with van der Waals surface area (Å²) in [6, 6.07) is 14.8. The van der Waals surface area contributed by atoms with Crippen molar-refractivity contribution < 1.29 is 9.53 Å². The largest absolute Gasteiger partial charge is 0.497 e. The second-order valence-electron chi connectivity index (χ2n) is 8.85. The van der Waals surface area contributed by atoms with Gasteiger partial charge in [-0.3, -0.25) is 9.79 Å². The number of aliphatic imine (C=N–C) groups is 1. The first-order valence-electron chi connectivity index (χ1n) is 11.0. The van der Waals surface area contributed by atoms with Crippen molar-refractivity contribution in [1.82, 2.24) is 5.43 Å². The quantitative estimate of drug-likeness (QED) is 0.511. The molecule has 2 aromatic rings. The Labute approximate surface area is 194 Å². The summed E-state index contributed by atoms with van der Waals surface area (Å²) in [6.45, 7) is 9.19. The van der Waals surface area contributed by atoms with Crippen LogP contribution in [-0.4, -0.2) is 41.2 Å². The van der Waals surface area contributed by atoms with E-state index in [-0.39, 0.29) is 16.0 Å². The van der Waals surface area contributed by atoms with E-state index in [2.05, 4.69) is 53.5 Å². The Morgan fingerprint density at radius 1 is 1.25 bits per heavy atom. The number of hydrogen-bond donors (Lipinski definition) is 1. The minimum Gasteiger partial charge on any atom is -0.497 e. The van der Waals surface area contributed by atoms with Gasteiger partial charge < -0.3 is 9.64 Å². The van der Waals surface area contributed by atoms with Crippen LogP contribution in [0.25, 0.3) is 0 Å². The van der Waals surface area contributed by atoms with Crippen LogP contribution < -0.4 is 15.1 Å². The zero-order chi connectivity index (χ0) is 22.9. The Morgan fingerprint density at radius 2 is 2.06 bits per heavy atom. The molecule has 0 fully saturated rings. The number of thioether (sulfide) groups is 1. The van der Waals surface area contributed by atoms with E-state index in [0.717, 1.165) is 47.8 Å². The molecule has 0 atom stereocenters. The number of hydrazone groups is 1. The maximum Gasteiger partial charge on any atom is 0.300 e. The molecular weight excluding hydrogens is 420 g/mol. The normalized spacial score (nSPS) is 18.2. The van der Waals surface area contributed by atoms with E-state index >= 15 is 0 Å². The molecule has 6 nitrogen and oxygen atoms in total. The minimum atomic E-state index is -0.379. The SMILES string of the molecule is COc1cccc(C(=NC(C)C)N2CCCc3cc(C4=NNC(=O)SC4(C)C)ccc32)c1. The van der Waals surface area contributed by atoms with Crippen LogP contribution in [0.3, 0.4) is 0 Å². The van der Waals surface area contributed by atoms with Crippen LogP contribution in [0.15, 0.2) is 52.6 Å². The van der Waals surface area contributed by atoms with Crippen LogP contribution in [-0.2, 0) is 6.42 Å². The van der Waals surface area contributed by atoms with Crippen LogP contribution in [0.5, 0.6) is 5.75 Å². The lowest BCUT2D eigenvalue weighted by molar-refractivity contribution is 0.260. The molecule has 2 heterocycles. The van der Waals surface area contributed by atoms with Gasteiger partial charge in [-0.25, -0.2) is 5.43 Å². The number of amidine groups is 1. The molecule has 0 aliphatic carbocycles. The molecule has 1 amide bonds. The molecular formula is C25H30N4O2S. The fraction of sp³-hybridized carbons (Fsp3) is 0.400. The summed E-state index contributed by atoms with van der Waals surface area (Å²) in [5, 5.41) is 4.27. The van der Waals surface area contributed by atoms with Gasteiger partial charge in [0.1, 0.15) is 11.6 Å². The fourth-order valence-electron chi connectivity index (χ4n) is 4.22. The standard InChI is InChI=1S/C25H30N4O2S/c1-16(2)26-23(19-8-6-10-20(15-19)31-5)29-13-7-9-17-14-18(11-12-21(17)29)22-25(3,4)32-24(30)28-27-22/h6,8,10-12,14-16H,7,9,13H2,1-5H3,(H,28,30). The number of rotatable bonds is 4. The number of hydrogen-bond acceptors (Lipinski definition) is 5. The number of aryl methyl sites for hydroxylation is 1. The average Bonchev–Trinajstić information content (AvgIpc) is 2.76. The van der Waals surface area contributed by atoms with E-state index < -0.39 is 0 Å². The highest BCUT2D eigenvalue weighted by Crippen LogP contribution is 2.35. The highest BCUT2D eigenvalue weighted by atomic mass is 32.2. The molecule has 4 rings (SSSR count). The van der Waals surface area contributed by atoms with Crippen molar-refractivity contribution in [2.45, 2.75) is 51.3 Å². The third kappa shape index (κ3) is 4.53. The first-order valence-corrected chi connectivity index (χ1v) is 11.8. The summed E-state index contributed by atoms with van der Waals surface area (Å²) in [7, 11) is 1.69. The van der Waals surface area contributed by atoms with Gasteiger partial charge >= 0.3 is 0 Å². The van der Waals surface area contributed by atoms with E-state index in [1.54, 1.807) is 7.11 Å². The smallest absolute Gasteiger partial charge is 0.300 e. The summed E-state index contributed by atoms with van der Waals surface area (Å²) in [4.78, 5) is 19.1. The first-order chi connectivity index (χ1) is 15.3. The molecule has 0 bridgehead atoms. The fourth-order valence-corrected chi connectivity index (χ4v) is 5.04. The van der Waals surface area contributed by atoms with Crippen molar-refractivity contribution in [3.63, 3.8) is 0 Å². The predicted molar refractivity (Wildman–Crippen MR) is 134 cm³/mol. The van der Waals surface area contributed by atoms with Crippen LogP contribution in [0.4, 0.5) is 10.5 Å². The third-order valence-corrected chi connectivity index (χ3v) is 6.59. The van der Waals surface area contributed by atoms with Crippen LogP contribution in [0.1, 0.15) is 50.8 Å². The third-order valence-electron chi connectivity index (χ3n) is 5.61. The number of fused-ring (bicyclic) bond motifs is 1. The molecule has 0 spiro atoms. The molecule has 0 saturated heterocycles. The highest BCUT2D eigenvalue weighted by Gasteiger charge is 2.34. The molecule has 168 valence electrons. The van der Waals surface area contributed by atoms with Gasteiger partial charge in [-0.05, 0) is 75.9 Å². The lowest BCUT2D eigenvalue weighted by atomic mass is 9.93. The highest BCUT2D eigenvalue weighted by molar-refractivity contribution is 8.15. The zero-order valence-corrected chi connectivity index (χ0v) is 20.1. The molecule has 2 aromatic carbocycles. The number of carbonyl (C=O) groups excluding carboxylic acids is 1. The Morgan fingerprint density at radius 3 is 2.78 bits per heavy atom. The Balaban J connectivity index is 1.75. The van der Waals surface area contributed by atoms with E-state index in [4.69, 9.17) is 9.73 Å². The summed E-state index contributed by atoms with van der Waals surface area (Å²) < 4.78 is 5.08. The minimum absolute atomic E-state index is 0.115. The summed E-state index contributed by atoms with van der Waals surface area (Å²) in [5.41, 5.74) is 8.05. The number of methoxy groups -OCH3 is 1. The van der Waals surface area contributed by atoms with Gasteiger partial charge in [0.15, 0.2) is 0 Å². The van der Waals surface area contributed by atoms with Gasteiger partial charge in [-0.1, -0.05) is 30.0 Å². The summed E-state index contributed by atoms with van der Waals surface area (Å²) in [5.74, 6) is 1.79. The Bertz CT molecular complexity index is 1090. The maximum atomic E-state index is 11.8. The second kappa shape index (κ2) is 8.98. The van der Waals surface area contributed by atoms with Gasteiger partial charge in [0.05, 0.1) is 17.6 Å². The van der Waals surface area contributed by atoms with E-state index in [0.29, 0.717) is 0 Å². The summed E-state index contributed by atoms with van der Waals surface area (Å²) in [6.07, 6.45) is 2.04. The molecule has 2 aliphatic rings. The maximum absolute atomic E-state index is 11.8. The first kappa shape index (κ1) is 22.4. The molecule has 0 saturated carbocycles. The molecule has 0 aromatic heterocycles. The molecule has 1 N–H and O–H groups in total. The van der Waals surface area contributed by atoms with Gasteiger partial charge in [0.25, 0.3) is 5.24 Å². The number of carbonyl (C=O) groups is 1. The monoisotopic (exact) mass is 450 g/mol. The van der Waals surface area contributed by atoms with Crippen molar-refractivity contribution in [3.8, 4) is 5.75 Å². The Kier molecular flexibility index (Phi) is 6.29. The van der Waals surface area contributed by atoms with Gasteiger partial charge in [0.2, 0.25) is 0 Å². The van der Waals surface area contributed by atoms with Crippen LogP contribution >= 0.6 is 11.8 Å². The van der Waals surface area contributed by atoms with Crippen LogP contribution in [0.2, 0.25) is 0 Å². The number of benzene rings is 2. The average molecular weight is 451 g/mol. The molecule has 0 radical (unpaired) electrons. The van der Waals surface area contributed by atoms with Crippen molar-refractivity contribution in [2.24, 2.45) is 10.1 Å². The van der Waals surface area contributed by atoms with Crippen LogP contribution in [0, 0.1) is 0 Å². The number of nitrogens with zero attached hydrogens (tertiary/aromatic N) is 3. The van der Waals surface area contributed by atoms with E-state index in [1.165, 1.54) is 23.0 Å². The van der Waals surface area contributed by atoms with Crippen molar-refractivity contribution in [2.75, 3.05) is 18.6 Å². The summed E-state index contributed by atoms with van der Waals surface area (Å²) >= 11 is 1.27. The van der Waals surface area contributed by atoms with Gasteiger partial charge in [0, 0.05) is 23.8 Å². The van der Waals surface area contributed by atoms with E-state index in [1.807, 2.05) is 32.0 Å². The molecule has 32 heavy (non-hydrogen) atoms. The van der Waals surface area contributed by atoms with Crippen molar-refractivity contribution in [3.05, 3.63) is 59.2 Å². The van der Waals surface area contributed by atoms with Crippen molar-refractivity contribution >= 4 is 34.2 Å². The van der Waals surface area contributed by atoms with Gasteiger partial charge in [-0.2, -0.15) is 5.10 Å². The number of ether oxygens (including phenoxy) is 1. The predicted octanol–water partition coefficient (Wildman–Crippen LogP) is 5.24. The number of nitrogens with one attached hydrogen (secondary N) is 1. The molecule has 7 heteroatoms. The number of amides is 1. The topological polar surface area (TPSA) is 66.3 Å².